The van der Waals surface area contributed by atoms with Crippen LogP contribution in [0.25, 0.3) is 0 Å². The molecule has 0 saturated carbocycles. The number of hydrogen-bond acceptors (Lipinski definition) is 5. The summed E-state index contributed by atoms with van der Waals surface area (Å²) in [5.41, 5.74) is 2.71. The molecule has 3 rings (SSSR count). The number of rotatable bonds is 7. The summed E-state index contributed by atoms with van der Waals surface area (Å²) in [5.74, 6) is 0.858. The second-order valence-electron chi connectivity index (χ2n) is 6.66. The quantitative estimate of drug-likeness (QED) is 0.501. The van der Waals surface area contributed by atoms with Gasteiger partial charge >= 0.3 is 5.97 Å². The second-order valence-corrected chi connectivity index (χ2v) is 7.58. The Morgan fingerprint density at radius 1 is 1.35 bits per heavy atom. The molecule has 0 amide bonds. The first-order chi connectivity index (χ1) is 12.6. The standard InChI is InChI=1S/C21H24O4S/c1-3-5-19(22)24-10-4-6-14(2)15-7-8-18-17(12-15)20(23)21-16(13-25-18)9-11-26-21/h7-9,11-12,14H,3-6,10,13H2,1-2H3. The minimum Gasteiger partial charge on any atom is -0.488 e. The predicted molar refractivity (Wildman–Crippen MR) is 102 cm³/mol. The van der Waals surface area contributed by atoms with E-state index in [2.05, 4.69) is 6.92 Å². The Bertz CT molecular complexity index is 793. The van der Waals surface area contributed by atoms with E-state index in [1.54, 1.807) is 0 Å². The molecule has 5 heteroatoms. The van der Waals surface area contributed by atoms with Crippen LogP contribution in [0.1, 0.15) is 71.8 Å². The summed E-state index contributed by atoms with van der Waals surface area (Å²) < 4.78 is 11.0. The molecule has 2 heterocycles. The number of ketones is 1. The van der Waals surface area contributed by atoms with Crippen molar-refractivity contribution in [1.29, 1.82) is 0 Å². The minimum absolute atomic E-state index is 0.0463. The third kappa shape index (κ3) is 4.15. The van der Waals surface area contributed by atoms with Crippen LogP contribution >= 0.6 is 11.3 Å². The van der Waals surface area contributed by atoms with Gasteiger partial charge in [0.25, 0.3) is 0 Å². The summed E-state index contributed by atoms with van der Waals surface area (Å²) in [6.45, 7) is 4.99. The Labute approximate surface area is 158 Å². The molecule has 0 aliphatic carbocycles. The summed E-state index contributed by atoms with van der Waals surface area (Å²) in [6.07, 6.45) is 3.00. The van der Waals surface area contributed by atoms with Crippen molar-refractivity contribution in [3.05, 3.63) is 51.2 Å². The van der Waals surface area contributed by atoms with Crippen molar-refractivity contribution in [3.8, 4) is 5.75 Å². The highest BCUT2D eigenvalue weighted by Crippen LogP contribution is 2.34. The Kier molecular flexibility index (Phi) is 6.09. The number of esters is 1. The van der Waals surface area contributed by atoms with E-state index < -0.39 is 0 Å². The summed E-state index contributed by atoms with van der Waals surface area (Å²) in [4.78, 5) is 25.0. The molecule has 1 unspecified atom stereocenters. The van der Waals surface area contributed by atoms with E-state index in [0.717, 1.165) is 35.3 Å². The Morgan fingerprint density at radius 2 is 2.19 bits per heavy atom. The normalized spacial score (nSPS) is 14.0. The van der Waals surface area contributed by atoms with Gasteiger partial charge in [0.05, 0.1) is 17.0 Å². The van der Waals surface area contributed by atoms with E-state index in [-0.39, 0.29) is 17.7 Å². The highest BCUT2D eigenvalue weighted by atomic mass is 32.1. The van der Waals surface area contributed by atoms with Gasteiger partial charge in [0.2, 0.25) is 5.78 Å². The van der Waals surface area contributed by atoms with Crippen LogP contribution in [0.3, 0.4) is 0 Å². The Hall–Kier alpha value is -2.14. The van der Waals surface area contributed by atoms with Gasteiger partial charge in [-0.3, -0.25) is 9.59 Å². The number of benzene rings is 1. The molecule has 1 aliphatic heterocycles. The van der Waals surface area contributed by atoms with Crippen molar-refractivity contribution in [2.45, 2.75) is 52.1 Å². The molecule has 1 atom stereocenters. The van der Waals surface area contributed by atoms with E-state index in [1.807, 2.05) is 36.6 Å². The van der Waals surface area contributed by atoms with Crippen LogP contribution in [0.15, 0.2) is 29.6 Å². The largest absolute Gasteiger partial charge is 0.488 e. The molecule has 0 fully saturated rings. The first-order valence-corrected chi connectivity index (χ1v) is 10.0. The van der Waals surface area contributed by atoms with Crippen molar-refractivity contribution in [1.82, 2.24) is 0 Å². The first kappa shape index (κ1) is 18.6. The van der Waals surface area contributed by atoms with Crippen LogP contribution in [0.5, 0.6) is 5.75 Å². The lowest BCUT2D eigenvalue weighted by atomic mass is 9.93. The summed E-state index contributed by atoms with van der Waals surface area (Å²) in [5, 5.41) is 1.93. The van der Waals surface area contributed by atoms with Crippen LogP contribution in [0, 0.1) is 0 Å². The van der Waals surface area contributed by atoms with Gasteiger partial charge in [-0.2, -0.15) is 0 Å². The number of hydrogen-bond donors (Lipinski definition) is 0. The van der Waals surface area contributed by atoms with Gasteiger partial charge < -0.3 is 9.47 Å². The summed E-state index contributed by atoms with van der Waals surface area (Å²) in [7, 11) is 0. The van der Waals surface area contributed by atoms with E-state index >= 15 is 0 Å². The van der Waals surface area contributed by atoms with Crippen molar-refractivity contribution in [3.63, 3.8) is 0 Å². The molecular weight excluding hydrogens is 348 g/mol. The van der Waals surface area contributed by atoms with E-state index in [4.69, 9.17) is 9.47 Å². The Balaban J connectivity index is 1.64. The SMILES string of the molecule is CCCC(=O)OCCCC(C)c1ccc2c(c1)C(=O)c1sccc1CO2. The molecule has 0 spiro atoms. The van der Waals surface area contributed by atoms with Crippen LogP contribution in [-0.2, 0) is 16.1 Å². The molecular formula is C21H24O4S. The molecule has 1 aromatic heterocycles. The van der Waals surface area contributed by atoms with Gasteiger partial charge in [-0.05, 0) is 54.3 Å². The third-order valence-corrected chi connectivity index (χ3v) is 5.61. The lowest BCUT2D eigenvalue weighted by molar-refractivity contribution is -0.143. The van der Waals surface area contributed by atoms with Crippen LogP contribution in [0.4, 0.5) is 0 Å². The molecule has 1 aromatic carbocycles. The zero-order chi connectivity index (χ0) is 18.5. The van der Waals surface area contributed by atoms with Gasteiger partial charge in [0, 0.05) is 12.0 Å². The fraction of sp³-hybridized carbons (Fsp3) is 0.429. The van der Waals surface area contributed by atoms with E-state index in [1.165, 1.54) is 11.3 Å². The average molecular weight is 372 g/mol. The Morgan fingerprint density at radius 3 is 3.00 bits per heavy atom. The molecule has 138 valence electrons. The van der Waals surface area contributed by atoms with Crippen LogP contribution in [0.2, 0.25) is 0 Å². The molecule has 0 saturated heterocycles. The van der Waals surface area contributed by atoms with E-state index in [0.29, 0.717) is 30.9 Å². The number of carbonyl (C=O) groups excluding carboxylic acids is 2. The molecule has 2 aromatic rings. The van der Waals surface area contributed by atoms with Crippen molar-refractivity contribution < 1.29 is 19.1 Å². The highest BCUT2D eigenvalue weighted by Gasteiger charge is 2.24. The van der Waals surface area contributed by atoms with Gasteiger partial charge in [-0.15, -0.1) is 11.3 Å². The fourth-order valence-electron chi connectivity index (χ4n) is 3.10. The topological polar surface area (TPSA) is 52.6 Å². The highest BCUT2D eigenvalue weighted by molar-refractivity contribution is 7.12. The molecule has 0 N–H and O–H groups in total. The van der Waals surface area contributed by atoms with Crippen LogP contribution in [-0.4, -0.2) is 18.4 Å². The van der Waals surface area contributed by atoms with Crippen LogP contribution < -0.4 is 4.74 Å². The maximum atomic E-state index is 12.8. The molecule has 1 aliphatic rings. The van der Waals surface area contributed by atoms with Gasteiger partial charge in [-0.25, -0.2) is 0 Å². The summed E-state index contributed by atoms with van der Waals surface area (Å²) in [6, 6.07) is 7.84. The third-order valence-electron chi connectivity index (χ3n) is 4.65. The zero-order valence-electron chi connectivity index (χ0n) is 15.2. The number of ether oxygens (including phenoxy) is 2. The first-order valence-electron chi connectivity index (χ1n) is 9.13. The molecule has 4 nitrogen and oxygen atoms in total. The molecule has 0 bridgehead atoms. The maximum absolute atomic E-state index is 12.8. The van der Waals surface area contributed by atoms with Crippen molar-refractivity contribution in [2.75, 3.05) is 6.61 Å². The summed E-state index contributed by atoms with van der Waals surface area (Å²) >= 11 is 1.47. The smallest absolute Gasteiger partial charge is 0.305 e. The van der Waals surface area contributed by atoms with Crippen molar-refractivity contribution in [2.24, 2.45) is 0 Å². The van der Waals surface area contributed by atoms with Gasteiger partial charge in [0.15, 0.2) is 0 Å². The number of carbonyl (C=O) groups is 2. The lowest BCUT2D eigenvalue weighted by Crippen LogP contribution is -2.06. The van der Waals surface area contributed by atoms with Gasteiger partial charge in [-0.1, -0.05) is 19.9 Å². The lowest BCUT2D eigenvalue weighted by Gasteiger charge is -2.14. The zero-order valence-corrected chi connectivity index (χ0v) is 16.1. The maximum Gasteiger partial charge on any atom is 0.305 e. The molecule has 26 heavy (non-hydrogen) atoms. The fourth-order valence-corrected chi connectivity index (χ4v) is 3.97. The van der Waals surface area contributed by atoms with Gasteiger partial charge in [0.1, 0.15) is 12.4 Å². The average Bonchev–Trinajstić information content (AvgIpc) is 3.07. The second kappa shape index (κ2) is 8.49. The molecule has 0 radical (unpaired) electrons. The predicted octanol–water partition coefficient (Wildman–Crippen LogP) is 5.10. The van der Waals surface area contributed by atoms with Crippen molar-refractivity contribution >= 4 is 23.1 Å². The minimum atomic E-state index is -0.125. The number of fused-ring (bicyclic) bond motifs is 2. The number of thiophene rings is 1. The van der Waals surface area contributed by atoms with E-state index in [9.17, 15) is 9.59 Å². The monoisotopic (exact) mass is 372 g/mol.